The summed E-state index contributed by atoms with van der Waals surface area (Å²) in [5.41, 5.74) is 3.07. The highest BCUT2D eigenvalue weighted by Gasteiger charge is 2.06. The van der Waals surface area contributed by atoms with Gasteiger partial charge in [-0.1, -0.05) is 0 Å². The van der Waals surface area contributed by atoms with Gasteiger partial charge in [-0.05, 0) is 77.5 Å². The van der Waals surface area contributed by atoms with Crippen molar-refractivity contribution in [2.45, 2.75) is 6.92 Å². The van der Waals surface area contributed by atoms with E-state index in [0.717, 1.165) is 11.3 Å². The van der Waals surface area contributed by atoms with Gasteiger partial charge >= 0.3 is 0 Å². The first-order valence-corrected chi connectivity index (χ1v) is 7.82. The van der Waals surface area contributed by atoms with Crippen molar-refractivity contribution in [1.29, 1.82) is 5.26 Å². The van der Waals surface area contributed by atoms with Crippen LogP contribution in [-0.4, -0.2) is 25.3 Å². The number of benzene rings is 2. The van der Waals surface area contributed by atoms with E-state index in [2.05, 4.69) is 32.0 Å². The van der Waals surface area contributed by atoms with Gasteiger partial charge in [-0.25, -0.2) is 0 Å². The molecule has 0 aliphatic heterocycles. The largest absolute Gasteiger partial charge is 0.457 e. The Morgan fingerprint density at radius 2 is 1.85 bits per heavy atom. The first kappa shape index (κ1) is 15.5. The number of anilines is 2. The van der Waals surface area contributed by atoms with E-state index < -0.39 is 0 Å². The lowest BCUT2D eigenvalue weighted by atomic mass is 10.2. The van der Waals surface area contributed by atoms with Crippen LogP contribution in [0.15, 0.2) is 54.6 Å². The number of hydrogen-bond acceptors (Lipinski definition) is 7. The molecule has 4 aromatic rings. The van der Waals surface area contributed by atoms with E-state index in [9.17, 15) is 0 Å². The molecule has 8 heteroatoms. The molecule has 0 unspecified atom stereocenters. The summed E-state index contributed by atoms with van der Waals surface area (Å²) in [4.78, 5) is 0. The fourth-order valence-corrected chi connectivity index (χ4v) is 2.43. The number of aryl methyl sites for hydroxylation is 1. The number of aromatic nitrogens is 5. The van der Waals surface area contributed by atoms with Crippen LogP contribution in [0.1, 0.15) is 11.1 Å². The third-order valence-electron chi connectivity index (χ3n) is 3.75. The van der Waals surface area contributed by atoms with Gasteiger partial charge in [-0.15, -0.1) is 14.8 Å². The van der Waals surface area contributed by atoms with Crippen molar-refractivity contribution in [1.82, 2.24) is 25.3 Å². The molecule has 2 aromatic carbocycles. The number of nitriles is 1. The molecule has 0 amide bonds. The minimum atomic E-state index is 0.582. The van der Waals surface area contributed by atoms with E-state index in [1.165, 1.54) is 4.63 Å². The smallest absolute Gasteiger partial charge is 0.200 e. The molecule has 0 aliphatic rings. The minimum absolute atomic E-state index is 0.582. The fraction of sp³-hybridized carbons (Fsp3) is 0.0556. The van der Waals surface area contributed by atoms with E-state index >= 15 is 0 Å². The second kappa shape index (κ2) is 6.49. The highest BCUT2D eigenvalue weighted by atomic mass is 16.5. The van der Waals surface area contributed by atoms with Gasteiger partial charge in [-0.2, -0.15) is 5.26 Å². The molecule has 0 fully saturated rings. The maximum absolute atomic E-state index is 8.84. The quantitative estimate of drug-likeness (QED) is 0.607. The molecule has 8 nitrogen and oxygen atoms in total. The van der Waals surface area contributed by atoms with Crippen LogP contribution in [0.3, 0.4) is 0 Å². The lowest BCUT2D eigenvalue weighted by Gasteiger charge is -2.11. The number of hydrogen-bond donors (Lipinski definition) is 1. The van der Waals surface area contributed by atoms with Gasteiger partial charge in [0.15, 0.2) is 11.5 Å². The van der Waals surface area contributed by atoms with Gasteiger partial charge < -0.3 is 10.1 Å². The molecule has 0 spiro atoms. The van der Waals surface area contributed by atoms with Crippen LogP contribution in [0.4, 0.5) is 11.5 Å². The lowest BCUT2D eigenvalue weighted by Crippen LogP contribution is -2.01. The van der Waals surface area contributed by atoms with Crippen molar-refractivity contribution in [3.05, 3.63) is 65.7 Å². The summed E-state index contributed by atoms with van der Waals surface area (Å²) in [6, 6.07) is 18.4. The molecular weight excluding hydrogens is 330 g/mol. The van der Waals surface area contributed by atoms with Gasteiger partial charge in [0.1, 0.15) is 11.5 Å². The normalized spacial score (nSPS) is 10.5. The van der Waals surface area contributed by atoms with E-state index in [4.69, 9.17) is 10.00 Å². The zero-order valence-corrected chi connectivity index (χ0v) is 13.8. The van der Waals surface area contributed by atoms with Crippen LogP contribution in [0.25, 0.3) is 5.65 Å². The van der Waals surface area contributed by atoms with Gasteiger partial charge in [0.05, 0.1) is 11.6 Å². The maximum atomic E-state index is 8.84. The molecule has 0 bridgehead atoms. The summed E-state index contributed by atoms with van der Waals surface area (Å²) < 4.78 is 7.19. The summed E-state index contributed by atoms with van der Waals surface area (Å²) >= 11 is 0. The minimum Gasteiger partial charge on any atom is -0.457 e. The highest BCUT2D eigenvalue weighted by molar-refractivity contribution is 5.62. The average Bonchev–Trinajstić information content (AvgIpc) is 3.12. The topological polar surface area (TPSA) is 101 Å². The van der Waals surface area contributed by atoms with Crippen LogP contribution < -0.4 is 10.1 Å². The Hall–Kier alpha value is -3.99. The Morgan fingerprint density at radius 3 is 2.62 bits per heavy atom. The number of nitrogens with zero attached hydrogens (tertiary/aromatic N) is 6. The summed E-state index contributed by atoms with van der Waals surface area (Å²) in [5.74, 6) is 2.02. The average molecular weight is 343 g/mol. The Morgan fingerprint density at radius 1 is 1.04 bits per heavy atom. The zero-order valence-electron chi connectivity index (χ0n) is 13.8. The van der Waals surface area contributed by atoms with Gasteiger partial charge in [0.2, 0.25) is 0 Å². The zero-order chi connectivity index (χ0) is 17.9. The first-order valence-electron chi connectivity index (χ1n) is 7.82. The number of tetrazole rings is 1. The number of rotatable bonds is 4. The van der Waals surface area contributed by atoms with Crippen molar-refractivity contribution >= 4 is 17.2 Å². The first-order chi connectivity index (χ1) is 12.7. The molecule has 0 atom stereocenters. The molecule has 0 saturated carbocycles. The molecule has 4 rings (SSSR count). The molecule has 2 heterocycles. The molecular formula is C18H13N7O. The number of fused-ring (bicyclic) bond motifs is 1. The number of nitrogens with one attached hydrogen (secondary N) is 1. The van der Waals surface area contributed by atoms with Crippen LogP contribution >= 0.6 is 0 Å². The molecule has 26 heavy (non-hydrogen) atoms. The molecule has 0 radical (unpaired) electrons. The van der Waals surface area contributed by atoms with E-state index in [1.54, 1.807) is 30.3 Å². The van der Waals surface area contributed by atoms with Crippen LogP contribution in [0.2, 0.25) is 0 Å². The summed E-state index contributed by atoms with van der Waals surface area (Å²) in [6.45, 7) is 1.98. The number of ether oxygens (including phenoxy) is 1. The van der Waals surface area contributed by atoms with Crippen molar-refractivity contribution in [3.63, 3.8) is 0 Å². The standard InChI is InChI=1S/C18H13N7O/c1-12-10-15(26-14-4-2-13(11-19)3-5-14)6-7-16(12)20-17-8-9-18-21-23-24-25(18)22-17/h2-10H,1H3,(H,20,22). The summed E-state index contributed by atoms with van der Waals surface area (Å²) in [5, 5.41) is 27.5. The van der Waals surface area contributed by atoms with Crippen molar-refractivity contribution in [2.75, 3.05) is 5.32 Å². The van der Waals surface area contributed by atoms with E-state index in [0.29, 0.717) is 28.5 Å². The Bertz CT molecular complexity index is 1110. The molecule has 2 aromatic heterocycles. The van der Waals surface area contributed by atoms with Crippen LogP contribution in [0.5, 0.6) is 11.5 Å². The van der Waals surface area contributed by atoms with E-state index in [1.807, 2.05) is 31.2 Å². The third kappa shape index (κ3) is 3.14. The van der Waals surface area contributed by atoms with Crippen LogP contribution in [0, 0.1) is 18.3 Å². The maximum Gasteiger partial charge on any atom is 0.200 e. The Labute approximate surface area is 148 Å². The highest BCUT2D eigenvalue weighted by Crippen LogP contribution is 2.27. The third-order valence-corrected chi connectivity index (χ3v) is 3.75. The molecule has 1 N–H and O–H groups in total. The Kier molecular flexibility index (Phi) is 3.88. The van der Waals surface area contributed by atoms with E-state index in [-0.39, 0.29) is 0 Å². The Balaban J connectivity index is 1.52. The second-order valence-corrected chi connectivity index (χ2v) is 5.59. The van der Waals surface area contributed by atoms with Gasteiger partial charge in [0.25, 0.3) is 0 Å². The van der Waals surface area contributed by atoms with Gasteiger partial charge in [-0.3, -0.25) is 0 Å². The fourth-order valence-electron chi connectivity index (χ4n) is 2.43. The summed E-state index contributed by atoms with van der Waals surface area (Å²) in [7, 11) is 0. The van der Waals surface area contributed by atoms with Crippen molar-refractivity contribution < 1.29 is 4.74 Å². The molecule has 126 valence electrons. The predicted molar refractivity (Wildman–Crippen MR) is 94.3 cm³/mol. The van der Waals surface area contributed by atoms with Crippen molar-refractivity contribution in [3.8, 4) is 17.6 Å². The monoisotopic (exact) mass is 343 g/mol. The van der Waals surface area contributed by atoms with Gasteiger partial charge in [0, 0.05) is 5.69 Å². The molecule has 0 aliphatic carbocycles. The van der Waals surface area contributed by atoms with Crippen molar-refractivity contribution in [2.24, 2.45) is 0 Å². The summed E-state index contributed by atoms with van der Waals surface area (Å²) in [6.07, 6.45) is 0. The SMILES string of the molecule is Cc1cc(Oc2ccc(C#N)cc2)ccc1Nc1ccc2nnnn2n1. The lowest BCUT2D eigenvalue weighted by molar-refractivity contribution is 0.482. The van der Waals surface area contributed by atoms with Crippen LogP contribution in [-0.2, 0) is 0 Å². The second-order valence-electron chi connectivity index (χ2n) is 5.59. The predicted octanol–water partition coefficient (Wildman–Crippen LogP) is 3.24. The molecule has 0 saturated heterocycles.